The molecule has 0 bridgehead atoms. The molecule has 1 saturated heterocycles. The second-order valence-corrected chi connectivity index (χ2v) is 9.37. The van der Waals surface area contributed by atoms with Crippen LogP contribution in [0.1, 0.15) is 40.1 Å². The second-order valence-electron chi connectivity index (χ2n) is 8.55. The molecule has 0 radical (unpaired) electrons. The lowest BCUT2D eigenvalue weighted by atomic mass is 10.1. The van der Waals surface area contributed by atoms with Crippen LogP contribution in [0.5, 0.6) is 0 Å². The average Bonchev–Trinajstić information content (AvgIpc) is 2.79. The van der Waals surface area contributed by atoms with Crippen molar-refractivity contribution in [2.45, 2.75) is 26.1 Å². The Hall–Kier alpha value is -2.29. The SMILES string of the molecule is CC(C)CN(CC1CN(C(=O)c2ccc(Cl)c(Cl)c2)CCO1)C(=O)c1ccc(C(F)(F)F)cc1. The van der Waals surface area contributed by atoms with E-state index in [9.17, 15) is 22.8 Å². The van der Waals surface area contributed by atoms with Gasteiger partial charge in [0, 0.05) is 37.3 Å². The number of alkyl halides is 3. The highest BCUT2D eigenvalue weighted by atomic mass is 35.5. The van der Waals surface area contributed by atoms with Gasteiger partial charge in [0.15, 0.2) is 0 Å². The zero-order chi connectivity index (χ0) is 25.0. The molecule has 0 aromatic heterocycles. The molecule has 1 atom stereocenters. The van der Waals surface area contributed by atoms with Gasteiger partial charge in [0.05, 0.1) is 28.3 Å². The summed E-state index contributed by atoms with van der Waals surface area (Å²) in [6, 6.07) is 8.82. The molecule has 2 amide bonds. The van der Waals surface area contributed by atoms with E-state index in [-0.39, 0.29) is 41.4 Å². The minimum atomic E-state index is -4.47. The number of hydrogen-bond donors (Lipinski definition) is 0. The van der Waals surface area contributed by atoms with Crippen molar-refractivity contribution in [3.8, 4) is 0 Å². The van der Waals surface area contributed by atoms with Crippen LogP contribution in [0.2, 0.25) is 10.0 Å². The smallest absolute Gasteiger partial charge is 0.373 e. The largest absolute Gasteiger partial charge is 0.416 e. The maximum Gasteiger partial charge on any atom is 0.416 e. The molecule has 2 aromatic rings. The summed E-state index contributed by atoms with van der Waals surface area (Å²) in [5.41, 5.74) is -0.255. The Morgan fingerprint density at radius 2 is 1.74 bits per heavy atom. The summed E-state index contributed by atoms with van der Waals surface area (Å²) >= 11 is 12.0. The van der Waals surface area contributed by atoms with Gasteiger partial charge in [-0.1, -0.05) is 37.0 Å². The number of benzene rings is 2. The van der Waals surface area contributed by atoms with E-state index in [0.29, 0.717) is 30.3 Å². The maximum absolute atomic E-state index is 13.1. The minimum absolute atomic E-state index is 0.121. The Kier molecular flexibility index (Phi) is 8.49. The number of amides is 2. The molecule has 2 aromatic carbocycles. The fraction of sp³-hybridized carbons (Fsp3) is 0.417. The van der Waals surface area contributed by atoms with Crippen molar-refractivity contribution < 1.29 is 27.5 Å². The van der Waals surface area contributed by atoms with E-state index in [0.717, 1.165) is 12.1 Å². The molecule has 5 nitrogen and oxygen atoms in total. The Bertz CT molecular complexity index is 1030. The van der Waals surface area contributed by atoms with Crippen LogP contribution >= 0.6 is 23.2 Å². The lowest BCUT2D eigenvalue weighted by molar-refractivity contribution is -0.137. The van der Waals surface area contributed by atoms with Crippen LogP contribution in [0.4, 0.5) is 13.2 Å². The third kappa shape index (κ3) is 6.64. The van der Waals surface area contributed by atoms with Crippen molar-refractivity contribution in [3.05, 3.63) is 69.2 Å². The first-order valence-electron chi connectivity index (χ1n) is 10.8. The normalized spacial score (nSPS) is 16.6. The number of morpholine rings is 1. The number of carbonyl (C=O) groups excluding carboxylic acids is 2. The van der Waals surface area contributed by atoms with Gasteiger partial charge in [-0.3, -0.25) is 9.59 Å². The molecule has 1 aliphatic rings. The van der Waals surface area contributed by atoms with Gasteiger partial charge >= 0.3 is 6.18 Å². The average molecular weight is 517 g/mol. The fourth-order valence-corrected chi connectivity index (χ4v) is 4.04. The van der Waals surface area contributed by atoms with E-state index >= 15 is 0 Å². The van der Waals surface area contributed by atoms with Crippen LogP contribution in [0.15, 0.2) is 42.5 Å². The van der Waals surface area contributed by atoms with Gasteiger partial charge in [-0.25, -0.2) is 0 Å². The predicted octanol–water partition coefficient (Wildman–Crippen LogP) is 5.65. The number of hydrogen-bond acceptors (Lipinski definition) is 3. The molecule has 0 spiro atoms. The summed E-state index contributed by atoms with van der Waals surface area (Å²) in [6.45, 7) is 5.40. The van der Waals surface area contributed by atoms with Crippen LogP contribution < -0.4 is 0 Å². The van der Waals surface area contributed by atoms with Gasteiger partial charge in [0.2, 0.25) is 0 Å². The van der Waals surface area contributed by atoms with Gasteiger partial charge in [-0.15, -0.1) is 0 Å². The first-order valence-corrected chi connectivity index (χ1v) is 11.5. The molecule has 1 aliphatic heterocycles. The highest BCUT2D eigenvalue weighted by molar-refractivity contribution is 6.42. The lowest BCUT2D eigenvalue weighted by Crippen LogP contribution is -2.51. The fourth-order valence-electron chi connectivity index (χ4n) is 3.74. The van der Waals surface area contributed by atoms with Crippen LogP contribution in [0, 0.1) is 5.92 Å². The molecule has 0 N–H and O–H groups in total. The second kappa shape index (κ2) is 11.0. The van der Waals surface area contributed by atoms with E-state index in [1.165, 1.54) is 18.2 Å². The number of nitrogens with zero attached hydrogens (tertiary/aromatic N) is 2. The Morgan fingerprint density at radius 3 is 2.32 bits per heavy atom. The number of carbonyl (C=O) groups is 2. The van der Waals surface area contributed by atoms with Crippen LogP contribution in [0.25, 0.3) is 0 Å². The molecule has 184 valence electrons. The minimum Gasteiger partial charge on any atom is -0.373 e. The van der Waals surface area contributed by atoms with Crippen LogP contribution in [-0.4, -0.2) is 60.5 Å². The first kappa shape index (κ1) is 26.3. The van der Waals surface area contributed by atoms with Crippen LogP contribution in [-0.2, 0) is 10.9 Å². The van der Waals surface area contributed by atoms with Gasteiger partial charge < -0.3 is 14.5 Å². The van der Waals surface area contributed by atoms with Crippen molar-refractivity contribution in [3.63, 3.8) is 0 Å². The van der Waals surface area contributed by atoms with E-state index in [2.05, 4.69) is 0 Å². The molecule has 10 heteroatoms. The topological polar surface area (TPSA) is 49.9 Å². The van der Waals surface area contributed by atoms with Gasteiger partial charge in [0.25, 0.3) is 11.8 Å². The summed E-state index contributed by atoms with van der Waals surface area (Å²) in [5.74, 6) is -0.494. The summed E-state index contributed by atoms with van der Waals surface area (Å²) < 4.78 is 44.4. The predicted molar refractivity (Wildman–Crippen MR) is 124 cm³/mol. The van der Waals surface area contributed by atoms with Gasteiger partial charge in [-0.05, 0) is 48.4 Å². The van der Waals surface area contributed by atoms with E-state index < -0.39 is 17.8 Å². The maximum atomic E-state index is 13.1. The third-order valence-electron chi connectivity index (χ3n) is 5.35. The zero-order valence-electron chi connectivity index (χ0n) is 18.7. The number of ether oxygens (including phenoxy) is 1. The highest BCUT2D eigenvalue weighted by Crippen LogP contribution is 2.29. The summed E-state index contributed by atoms with van der Waals surface area (Å²) in [5, 5.41) is 0.631. The van der Waals surface area contributed by atoms with Crippen molar-refractivity contribution in [2.24, 2.45) is 5.92 Å². The van der Waals surface area contributed by atoms with E-state index in [1.807, 2.05) is 13.8 Å². The lowest BCUT2D eigenvalue weighted by Gasteiger charge is -2.36. The highest BCUT2D eigenvalue weighted by Gasteiger charge is 2.32. The molecule has 0 aliphatic carbocycles. The Balaban J connectivity index is 1.72. The number of rotatable bonds is 6. The molecular weight excluding hydrogens is 492 g/mol. The van der Waals surface area contributed by atoms with E-state index in [4.69, 9.17) is 27.9 Å². The van der Waals surface area contributed by atoms with Gasteiger partial charge in [0.1, 0.15) is 0 Å². The van der Waals surface area contributed by atoms with Crippen molar-refractivity contribution >= 4 is 35.0 Å². The first-order chi connectivity index (χ1) is 16.0. The van der Waals surface area contributed by atoms with Crippen molar-refractivity contribution in [2.75, 3.05) is 32.8 Å². The molecule has 3 rings (SSSR count). The standard InChI is InChI=1S/C24H25Cl2F3N2O3/c1-15(2)12-31(22(32)16-3-6-18(7-4-16)24(27,28)29)14-19-13-30(9-10-34-19)23(33)17-5-8-20(25)21(26)11-17/h3-8,11,15,19H,9-10,12-14H2,1-2H3. The Labute approximate surface area is 206 Å². The summed E-state index contributed by atoms with van der Waals surface area (Å²) in [6.07, 6.45) is -4.92. The molecule has 1 fully saturated rings. The molecule has 1 unspecified atom stereocenters. The molecule has 1 heterocycles. The number of halogens is 5. The van der Waals surface area contributed by atoms with Crippen molar-refractivity contribution in [1.29, 1.82) is 0 Å². The Morgan fingerprint density at radius 1 is 1.09 bits per heavy atom. The third-order valence-corrected chi connectivity index (χ3v) is 6.09. The van der Waals surface area contributed by atoms with Crippen LogP contribution in [0.3, 0.4) is 0 Å². The summed E-state index contributed by atoms with van der Waals surface area (Å²) in [4.78, 5) is 29.2. The molecule has 0 saturated carbocycles. The molecular formula is C24H25Cl2F3N2O3. The van der Waals surface area contributed by atoms with Gasteiger partial charge in [-0.2, -0.15) is 13.2 Å². The zero-order valence-corrected chi connectivity index (χ0v) is 20.3. The monoisotopic (exact) mass is 516 g/mol. The molecule has 34 heavy (non-hydrogen) atoms. The summed E-state index contributed by atoms with van der Waals surface area (Å²) in [7, 11) is 0. The quantitative estimate of drug-likeness (QED) is 0.498. The van der Waals surface area contributed by atoms with E-state index in [1.54, 1.807) is 21.9 Å². The van der Waals surface area contributed by atoms with Crippen molar-refractivity contribution in [1.82, 2.24) is 9.80 Å².